The van der Waals surface area contributed by atoms with Gasteiger partial charge in [0.2, 0.25) is 0 Å². The molecule has 0 radical (unpaired) electrons. The number of carbonyl (C=O) groups excluding carboxylic acids is 1. The molecule has 0 aliphatic carbocycles. The van der Waals surface area contributed by atoms with Gasteiger partial charge in [-0.1, -0.05) is 55.8 Å². The van der Waals surface area contributed by atoms with Gasteiger partial charge >= 0.3 is 6.09 Å². The highest BCUT2D eigenvalue weighted by molar-refractivity contribution is 5.69. The summed E-state index contributed by atoms with van der Waals surface area (Å²) in [5.41, 5.74) is 9.19. The Morgan fingerprint density at radius 3 is 2.30 bits per heavy atom. The van der Waals surface area contributed by atoms with Crippen molar-refractivity contribution in [1.82, 2.24) is 9.80 Å². The summed E-state index contributed by atoms with van der Waals surface area (Å²) in [6, 6.07) is 19.4. The first-order valence-corrected chi connectivity index (χ1v) is 16.0. The molecule has 1 saturated heterocycles. The second-order valence-electron chi connectivity index (χ2n) is 12.7. The molecular formula is C37H46N2O4. The molecule has 1 amide bonds. The van der Waals surface area contributed by atoms with Crippen LogP contribution in [0.15, 0.2) is 54.6 Å². The fraction of sp³-hybridized carbons (Fsp3) is 0.486. The summed E-state index contributed by atoms with van der Waals surface area (Å²) in [7, 11) is 3.36. The Balaban J connectivity index is 1.32. The van der Waals surface area contributed by atoms with E-state index in [1.165, 1.54) is 27.8 Å². The zero-order valence-corrected chi connectivity index (χ0v) is 26.4. The molecule has 3 aliphatic heterocycles. The molecule has 0 spiro atoms. The van der Waals surface area contributed by atoms with E-state index in [4.69, 9.17) is 14.2 Å². The van der Waals surface area contributed by atoms with E-state index in [1.807, 2.05) is 35.2 Å². The van der Waals surface area contributed by atoms with E-state index in [-0.39, 0.29) is 18.7 Å². The van der Waals surface area contributed by atoms with Crippen molar-refractivity contribution in [3.63, 3.8) is 0 Å². The highest BCUT2D eigenvalue weighted by atomic mass is 16.6. The molecule has 3 aliphatic rings. The summed E-state index contributed by atoms with van der Waals surface area (Å²) in [4.78, 5) is 18.5. The number of aryl methyl sites for hydroxylation is 2. The molecule has 6 nitrogen and oxygen atoms in total. The zero-order chi connectivity index (χ0) is 30.1. The number of methoxy groups -OCH3 is 2. The Kier molecular flexibility index (Phi) is 8.67. The van der Waals surface area contributed by atoms with Crippen molar-refractivity contribution in [2.24, 2.45) is 11.8 Å². The molecular weight excluding hydrogens is 536 g/mol. The highest BCUT2D eigenvalue weighted by Gasteiger charge is 2.42. The third kappa shape index (κ3) is 5.86. The Bertz CT molecular complexity index is 1450. The third-order valence-corrected chi connectivity index (χ3v) is 10.4. The van der Waals surface area contributed by atoms with Crippen molar-refractivity contribution in [2.45, 2.75) is 71.6 Å². The number of ether oxygens (including phenoxy) is 3. The van der Waals surface area contributed by atoms with Crippen LogP contribution in [0.2, 0.25) is 0 Å². The van der Waals surface area contributed by atoms with E-state index < -0.39 is 0 Å². The molecule has 6 heteroatoms. The lowest BCUT2D eigenvalue weighted by atomic mass is 9.72. The van der Waals surface area contributed by atoms with Crippen molar-refractivity contribution >= 4 is 6.09 Å². The van der Waals surface area contributed by atoms with E-state index in [2.05, 4.69) is 49.9 Å². The minimum absolute atomic E-state index is 0.0831. The van der Waals surface area contributed by atoms with Crippen molar-refractivity contribution in [3.05, 3.63) is 93.5 Å². The third-order valence-electron chi connectivity index (χ3n) is 10.4. The van der Waals surface area contributed by atoms with Gasteiger partial charge in [-0.05, 0) is 102 Å². The van der Waals surface area contributed by atoms with E-state index in [9.17, 15) is 4.79 Å². The number of hydrogen-bond acceptors (Lipinski definition) is 5. The quantitative estimate of drug-likeness (QED) is 0.287. The predicted molar refractivity (Wildman–Crippen MR) is 170 cm³/mol. The monoisotopic (exact) mass is 582 g/mol. The molecule has 4 atom stereocenters. The molecule has 43 heavy (non-hydrogen) atoms. The molecule has 3 heterocycles. The fourth-order valence-electron chi connectivity index (χ4n) is 7.81. The van der Waals surface area contributed by atoms with Crippen LogP contribution in [0.4, 0.5) is 4.79 Å². The number of carbonyl (C=O) groups is 1. The van der Waals surface area contributed by atoms with Gasteiger partial charge in [-0.3, -0.25) is 4.90 Å². The maximum atomic E-state index is 13.8. The second-order valence-corrected chi connectivity index (χ2v) is 12.7. The topological polar surface area (TPSA) is 51.2 Å². The van der Waals surface area contributed by atoms with Crippen LogP contribution < -0.4 is 9.47 Å². The number of benzene rings is 3. The summed E-state index contributed by atoms with van der Waals surface area (Å²) in [6.45, 7) is 9.94. The number of amides is 1. The van der Waals surface area contributed by atoms with E-state index in [1.54, 1.807) is 14.2 Å². The first-order valence-electron chi connectivity index (χ1n) is 16.0. The van der Waals surface area contributed by atoms with Gasteiger partial charge in [0.25, 0.3) is 0 Å². The fourth-order valence-corrected chi connectivity index (χ4v) is 7.81. The van der Waals surface area contributed by atoms with Gasteiger partial charge in [0.15, 0.2) is 11.5 Å². The van der Waals surface area contributed by atoms with Gasteiger partial charge in [-0.25, -0.2) is 4.79 Å². The summed E-state index contributed by atoms with van der Waals surface area (Å²) < 4.78 is 17.3. The Hall–Kier alpha value is -3.51. The van der Waals surface area contributed by atoms with Crippen LogP contribution >= 0.6 is 0 Å². The average Bonchev–Trinajstić information content (AvgIpc) is 3.03. The largest absolute Gasteiger partial charge is 0.493 e. The Morgan fingerprint density at radius 2 is 1.56 bits per heavy atom. The molecule has 4 unspecified atom stereocenters. The van der Waals surface area contributed by atoms with Gasteiger partial charge in [0, 0.05) is 25.7 Å². The van der Waals surface area contributed by atoms with Crippen LogP contribution in [0.25, 0.3) is 0 Å². The smallest absolute Gasteiger partial charge is 0.410 e. The standard InChI is InChI=1S/C37H46N2O4/c1-6-27-22-38-14-12-28-16-24(2)25(3)17-31(28)33(38)18-30(27)19-34-32-21-36(42-5)35(41-4)20-29(32)13-15-39(34)37(40)43-23-26-10-8-7-9-11-26/h7-11,16-17,20-21,27,30,33-34H,6,12-15,18-19,22-23H2,1-5H3. The minimum atomic E-state index is -0.242. The first kappa shape index (κ1) is 29.6. The summed E-state index contributed by atoms with van der Waals surface area (Å²) in [6.07, 6.45) is 4.81. The summed E-state index contributed by atoms with van der Waals surface area (Å²) in [5.74, 6) is 2.51. The van der Waals surface area contributed by atoms with Crippen molar-refractivity contribution < 1.29 is 19.0 Å². The van der Waals surface area contributed by atoms with Crippen LogP contribution in [0.3, 0.4) is 0 Å². The molecule has 0 aromatic heterocycles. The summed E-state index contributed by atoms with van der Waals surface area (Å²) >= 11 is 0. The van der Waals surface area contributed by atoms with Gasteiger partial charge in [-0.15, -0.1) is 0 Å². The molecule has 0 saturated carbocycles. The Labute approximate surface area is 256 Å². The van der Waals surface area contributed by atoms with E-state index in [0.717, 1.165) is 62.1 Å². The molecule has 3 aromatic carbocycles. The average molecular weight is 583 g/mol. The molecule has 1 fully saturated rings. The van der Waals surface area contributed by atoms with E-state index in [0.29, 0.717) is 30.2 Å². The Morgan fingerprint density at radius 1 is 0.860 bits per heavy atom. The highest BCUT2D eigenvalue weighted by Crippen LogP contribution is 2.48. The summed E-state index contributed by atoms with van der Waals surface area (Å²) in [5, 5.41) is 0. The predicted octanol–water partition coefficient (Wildman–Crippen LogP) is 7.59. The van der Waals surface area contributed by atoms with Crippen LogP contribution in [0, 0.1) is 25.7 Å². The number of fused-ring (bicyclic) bond motifs is 4. The SMILES string of the molecule is CCC1CN2CCc3cc(C)c(C)cc3C2CC1CC1c2cc(OC)c(OC)cc2CCN1C(=O)OCc1ccccc1. The number of rotatable bonds is 7. The molecule has 0 bridgehead atoms. The second kappa shape index (κ2) is 12.6. The first-order chi connectivity index (χ1) is 20.9. The molecule has 228 valence electrons. The maximum Gasteiger partial charge on any atom is 0.410 e. The normalized spacial score (nSPS) is 23.1. The van der Waals surface area contributed by atoms with Crippen LogP contribution in [0.5, 0.6) is 11.5 Å². The van der Waals surface area contributed by atoms with Gasteiger partial charge in [-0.2, -0.15) is 0 Å². The van der Waals surface area contributed by atoms with Crippen molar-refractivity contribution in [1.29, 1.82) is 0 Å². The lowest BCUT2D eigenvalue weighted by Gasteiger charge is -2.49. The van der Waals surface area contributed by atoms with Crippen LogP contribution in [-0.2, 0) is 24.2 Å². The van der Waals surface area contributed by atoms with Crippen LogP contribution in [-0.4, -0.2) is 49.7 Å². The number of nitrogens with zero attached hydrogens (tertiary/aromatic N) is 2. The minimum Gasteiger partial charge on any atom is -0.493 e. The van der Waals surface area contributed by atoms with Gasteiger partial charge in [0.1, 0.15) is 6.61 Å². The van der Waals surface area contributed by atoms with Gasteiger partial charge < -0.3 is 19.1 Å². The molecule has 6 rings (SSSR count). The molecule has 3 aromatic rings. The molecule has 0 N–H and O–H groups in total. The number of hydrogen-bond donors (Lipinski definition) is 0. The lowest BCUT2D eigenvalue weighted by molar-refractivity contribution is 0.0263. The van der Waals surface area contributed by atoms with Gasteiger partial charge in [0.05, 0.1) is 20.3 Å². The maximum absolute atomic E-state index is 13.8. The van der Waals surface area contributed by atoms with Crippen molar-refractivity contribution in [2.75, 3.05) is 33.9 Å². The lowest BCUT2D eigenvalue weighted by Crippen LogP contribution is -2.47. The van der Waals surface area contributed by atoms with E-state index >= 15 is 0 Å². The van der Waals surface area contributed by atoms with Crippen LogP contribution in [0.1, 0.15) is 77.2 Å². The van der Waals surface area contributed by atoms with Crippen molar-refractivity contribution in [3.8, 4) is 11.5 Å². The number of piperidine rings is 1. The zero-order valence-electron chi connectivity index (χ0n) is 26.4.